The van der Waals surface area contributed by atoms with E-state index >= 15 is 0 Å². The lowest BCUT2D eigenvalue weighted by Crippen LogP contribution is -2.04. The van der Waals surface area contributed by atoms with Gasteiger partial charge in [0.2, 0.25) is 0 Å². The van der Waals surface area contributed by atoms with Gasteiger partial charge in [-0.2, -0.15) is 4.98 Å². The molecular weight excluding hydrogens is 388 g/mol. The van der Waals surface area contributed by atoms with E-state index in [0.717, 1.165) is 0 Å². The zero-order valence-electron chi connectivity index (χ0n) is 12.9. The highest BCUT2D eigenvalue weighted by Crippen LogP contribution is 2.33. The molecule has 0 aliphatic rings. The van der Waals surface area contributed by atoms with Crippen molar-refractivity contribution < 1.29 is 18.8 Å². The Balaban J connectivity index is 2.14. The molecule has 0 N–H and O–H groups in total. The van der Waals surface area contributed by atoms with Crippen LogP contribution in [0.4, 0.5) is 0 Å². The lowest BCUT2D eigenvalue weighted by atomic mass is 10.1. The summed E-state index contributed by atoms with van der Waals surface area (Å²) in [5.74, 6) is 0.860. The van der Waals surface area contributed by atoms with Crippen LogP contribution < -0.4 is 4.74 Å². The van der Waals surface area contributed by atoms with E-state index in [4.69, 9.17) is 25.6 Å². The average molecular weight is 404 g/mol. The molecule has 6 nitrogen and oxygen atoms in total. The fraction of sp³-hybridized carbons (Fsp3) is 0.400. The number of ether oxygens (including phenoxy) is 2. The molecule has 23 heavy (non-hydrogen) atoms. The first-order valence-corrected chi connectivity index (χ1v) is 8.16. The van der Waals surface area contributed by atoms with Gasteiger partial charge in [0.15, 0.2) is 18.2 Å². The van der Waals surface area contributed by atoms with Crippen molar-refractivity contribution in [3.8, 4) is 5.75 Å². The first-order valence-electron chi connectivity index (χ1n) is 6.99. The molecule has 1 heterocycles. The highest BCUT2D eigenvalue weighted by Gasteiger charge is 2.17. The number of carbonyl (C=O) groups is 1. The number of rotatable bonds is 7. The number of nitrogens with zero attached hydrogens (tertiary/aromatic N) is 2. The predicted octanol–water partition coefficient (Wildman–Crippen LogP) is 4.36. The minimum Gasteiger partial charge on any atom is -0.481 e. The van der Waals surface area contributed by atoms with Gasteiger partial charge in [-0.05, 0) is 32.9 Å². The van der Waals surface area contributed by atoms with Crippen LogP contribution in [0.1, 0.15) is 48.9 Å². The van der Waals surface area contributed by atoms with Gasteiger partial charge in [0, 0.05) is 11.1 Å². The number of ketones is 1. The van der Waals surface area contributed by atoms with Crippen molar-refractivity contribution in [2.24, 2.45) is 0 Å². The Labute approximate surface area is 147 Å². The Morgan fingerprint density at radius 3 is 2.87 bits per heavy atom. The van der Waals surface area contributed by atoms with Gasteiger partial charge < -0.3 is 14.0 Å². The quantitative estimate of drug-likeness (QED) is 0.639. The smallest absolute Gasteiger partial charge is 0.264 e. The lowest BCUT2D eigenvalue weighted by molar-refractivity contribution is 0.0683. The number of aromatic nitrogens is 2. The van der Waals surface area contributed by atoms with Gasteiger partial charge in [0.1, 0.15) is 11.9 Å². The van der Waals surface area contributed by atoms with Crippen molar-refractivity contribution >= 4 is 33.3 Å². The largest absolute Gasteiger partial charge is 0.481 e. The minimum atomic E-state index is -0.262. The van der Waals surface area contributed by atoms with E-state index in [-0.39, 0.29) is 24.4 Å². The number of benzene rings is 1. The molecule has 1 atom stereocenters. The highest BCUT2D eigenvalue weighted by molar-refractivity contribution is 9.10. The molecule has 0 fully saturated rings. The number of Topliss-reactive ketones (excluding diaryl/α,β-unsaturated/α-hetero) is 1. The van der Waals surface area contributed by atoms with Gasteiger partial charge >= 0.3 is 0 Å². The molecule has 0 radical (unpaired) electrons. The second-order valence-corrected chi connectivity index (χ2v) is 6.08. The number of hydrogen-bond donors (Lipinski definition) is 0. The monoisotopic (exact) mass is 402 g/mol. The zero-order valence-corrected chi connectivity index (χ0v) is 15.3. The van der Waals surface area contributed by atoms with Crippen LogP contribution in [0.2, 0.25) is 5.02 Å². The Hall–Kier alpha value is -1.44. The second kappa shape index (κ2) is 7.90. The molecule has 0 amide bonds. The van der Waals surface area contributed by atoms with Gasteiger partial charge in [-0.15, -0.1) is 0 Å². The predicted molar refractivity (Wildman–Crippen MR) is 87.8 cm³/mol. The van der Waals surface area contributed by atoms with Crippen LogP contribution in [0.3, 0.4) is 0 Å². The molecule has 0 saturated heterocycles. The second-order valence-electron chi connectivity index (χ2n) is 4.75. The molecule has 0 saturated carbocycles. The molecule has 8 heteroatoms. The maximum atomic E-state index is 11.7. The van der Waals surface area contributed by atoms with Crippen LogP contribution in [-0.2, 0) is 11.3 Å². The van der Waals surface area contributed by atoms with E-state index < -0.39 is 0 Å². The van der Waals surface area contributed by atoms with Crippen molar-refractivity contribution in [2.75, 3.05) is 6.61 Å². The molecule has 124 valence electrons. The molecule has 2 rings (SSSR count). The van der Waals surface area contributed by atoms with E-state index in [9.17, 15) is 4.79 Å². The van der Waals surface area contributed by atoms with E-state index in [1.807, 2.05) is 13.8 Å². The summed E-state index contributed by atoms with van der Waals surface area (Å²) < 4.78 is 16.8. The number of halogens is 2. The molecular formula is C15H16BrClN2O4. The summed E-state index contributed by atoms with van der Waals surface area (Å²) in [5, 5.41) is 4.17. The van der Waals surface area contributed by atoms with Gasteiger partial charge in [0.25, 0.3) is 5.89 Å². The van der Waals surface area contributed by atoms with Gasteiger partial charge in [-0.25, -0.2) is 0 Å². The SMILES string of the molecule is CCO[C@@H](C)c1noc(COc2c(Cl)cc(Br)cc2C(C)=O)n1. The third kappa shape index (κ3) is 4.53. The highest BCUT2D eigenvalue weighted by atomic mass is 79.9. The summed E-state index contributed by atoms with van der Waals surface area (Å²) in [7, 11) is 0. The van der Waals surface area contributed by atoms with Gasteiger partial charge in [0.05, 0.1) is 10.6 Å². The molecule has 0 unspecified atom stereocenters. The van der Waals surface area contributed by atoms with Crippen molar-refractivity contribution in [2.45, 2.75) is 33.5 Å². The molecule has 0 bridgehead atoms. The Bertz CT molecular complexity index is 705. The Morgan fingerprint density at radius 1 is 1.48 bits per heavy atom. The minimum absolute atomic E-state index is 0.00742. The first kappa shape index (κ1) is 17.9. The normalized spacial score (nSPS) is 12.2. The van der Waals surface area contributed by atoms with Crippen LogP contribution in [0, 0.1) is 0 Å². The van der Waals surface area contributed by atoms with Crippen molar-refractivity contribution in [3.63, 3.8) is 0 Å². The fourth-order valence-corrected chi connectivity index (χ4v) is 2.78. The molecule has 0 aliphatic carbocycles. The summed E-state index contributed by atoms with van der Waals surface area (Å²) >= 11 is 9.45. The van der Waals surface area contributed by atoms with Gasteiger partial charge in [-0.3, -0.25) is 4.79 Å². The summed E-state index contributed by atoms with van der Waals surface area (Å²) in [6, 6.07) is 3.31. The average Bonchev–Trinajstić information content (AvgIpc) is 2.94. The first-order chi connectivity index (χ1) is 10.9. The van der Waals surface area contributed by atoms with Crippen LogP contribution in [0.5, 0.6) is 5.75 Å². The van der Waals surface area contributed by atoms with Crippen molar-refractivity contribution in [3.05, 3.63) is 38.9 Å². The summed E-state index contributed by atoms with van der Waals surface area (Å²) in [4.78, 5) is 15.9. The van der Waals surface area contributed by atoms with Crippen LogP contribution in [0.15, 0.2) is 21.1 Å². The van der Waals surface area contributed by atoms with Gasteiger partial charge in [-0.1, -0.05) is 32.7 Å². The number of carbonyl (C=O) groups excluding carboxylic acids is 1. The maximum absolute atomic E-state index is 11.7. The van der Waals surface area contributed by atoms with E-state index in [0.29, 0.717) is 33.2 Å². The molecule has 1 aromatic carbocycles. The topological polar surface area (TPSA) is 74.5 Å². The van der Waals surface area contributed by atoms with Crippen molar-refractivity contribution in [1.29, 1.82) is 0 Å². The Morgan fingerprint density at radius 2 is 2.22 bits per heavy atom. The van der Waals surface area contributed by atoms with Crippen molar-refractivity contribution in [1.82, 2.24) is 10.1 Å². The van der Waals surface area contributed by atoms with E-state index in [1.165, 1.54) is 6.92 Å². The number of hydrogen-bond acceptors (Lipinski definition) is 6. The van der Waals surface area contributed by atoms with Crippen LogP contribution in [0.25, 0.3) is 0 Å². The molecule has 1 aromatic heterocycles. The summed E-state index contributed by atoms with van der Waals surface area (Å²) in [6.45, 7) is 5.73. The van der Waals surface area contributed by atoms with Crippen LogP contribution in [-0.4, -0.2) is 22.5 Å². The zero-order chi connectivity index (χ0) is 17.0. The third-order valence-electron chi connectivity index (χ3n) is 2.99. The molecule has 2 aromatic rings. The van der Waals surface area contributed by atoms with Crippen LogP contribution >= 0.6 is 27.5 Å². The van der Waals surface area contributed by atoms with E-state index in [2.05, 4.69) is 26.1 Å². The summed E-state index contributed by atoms with van der Waals surface area (Å²) in [6.07, 6.45) is -0.262. The fourth-order valence-electron chi connectivity index (χ4n) is 1.92. The maximum Gasteiger partial charge on any atom is 0.264 e. The van der Waals surface area contributed by atoms with E-state index in [1.54, 1.807) is 12.1 Å². The standard InChI is InChI=1S/C15H16BrClN2O4/c1-4-21-9(3)15-18-13(23-19-15)7-22-14-11(8(2)20)5-10(16)6-12(14)17/h5-6,9H,4,7H2,1-3H3/t9-/m0/s1. The molecule has 0 spiro atoms. The summed E-state index contributed by atoms with van der Waals surface area (Å²) in [5.41, 5.74) is 0.381. The third-order valence-corrected chi connectivity index (χ3v) is 3.73. The Kier molecular flexibility index (Phi) is 6.15. The lowest BCUT2D eigenvalue weighted by Gasteiger charge is -2.10. The molecule has 0 aliphatic heterocycles.